The van der Waals surface area contributed by atoms with E-state index in [0.29, 0.717) is 6.54 Å². The van der Waals surface area contributed by atoms with Gasteiger partial charge in [0.25, 0.3) is 0 Å². The van der Waals surface area contributed by atoms with Gasteiger partial charge >= 0.3 is 0 Å². The Kier molecular flexibility index (Phi) is 5.31. The van der Waals surface area contributed by atoms with E-state index in [1.54, 1.807) is 0 Å². The van der Waals surface area contributed by atoms with E-state index in [0.717, 1.165) is 31.4 Å². The van der Waals surface area contributed by atoms with E-state index in [4.69, 9.17) is 0 Å². The second-order valence-corrected chi connectivity index (χ2v) is 6.92. The molecule has 0 bridgehead atoms. The lowest BCUT2D eigenvalue weighted by Gasteiger charge is -2.24. The van der Waals surface area contributed by atoms with Crippen molar-refractivity contribution in [1.29, 1.82) is 0 Å². The Morgan fingerprint density at radius 3 is 2.54 bits per heavy atom. The highest BCUT2D eigenvalue weighted by Crippen LogP contribution is 2.31. The van der Waals surface area contributed by atoms with Crippen LogP contribution in [0.5, 0.6) is 0 Å². The molecule has 0 aliphatic heterocycles. The predicted octanol–water partition coefficient (Wildman–Crippen LogP) is 3.48. The number of carbonyl (C=O) groups is 1. The molecule has 3 nitrogen and oxygen atoms in total. The summed E-state index contributed by atoms with van der Waals surface area (Å²) in [6.07, 6.45) is 3.13. The summed E-state index contributed by atoms with van der Waals surface area (Å²) >= 11 is 0. The largest absolute Gasteiger partial charge is 0.351 e. The first-order valence-corrected chi connectivity index (χ1v) is 8.71. The van der Waals surface area contributed by atoms with Gasteiger partial charge in [-0.2, -0.15) is 0 Å². The lowest BCUT2D eigenvalue weighted by Crippen LogP contribution is -2.31. The summed E-state index contributed by atoms with van der Waals surface area (Å²) in [4.78, 5) is 14.8. The first-order chi connectivity index (χ1) is 11.6. The highest BCUT2D eigenvalue weighted by Gasteiger charge is 2.25. The van der Waals surface area contributed by atoms with Crippen LogP contribution in [0.1, 0.15) is 41.0 Å². The normalized spacial score (nSPS) is 16.7. The van der Waals surface area contributed by atoms with E-state index in [-0.39, 0.29) is 11.8 Å². The molecule has 0 saturated carbocycles. The topological polar surface area (TPSA) is 32.3 Å². The van der Waals surface area contributed by atoms with Crippen molar-refractivity contribution in [3.05, 3.63) is 70.8 Å². The van der Waals surface area contributed by atoms with Gasteiger partial charge in [-0.25, -0.2) is 0 Å². The second kappa shape index (κ2) is 7.63. The van der Waals surface area contributed by atoms with Crippen LogP contribution in [0.3, 0.4) is 0 Å². The number of hydrogen-bond acceptors (Lipinski definition) is 2. The van der Waals surface area contributed by atoms with E-state index in [9.17, 15) is 4.79 Å². The van der Waals surface area contributed by atoms with Gasteiger partial charge in [-0.3, -0.25) is 4.79 Å². The third-order valence-corrected chi connectivity index (χ3v) is 4.67. The fraction of sp³-hybridized carbons (Fsp3) is 0.381. The minimum absolute atomic E-state index is 0.00274. The van der Waals surface area contributed by atoms with Crippen molar-refractivity contribution in [2.24, 2.45) is 0 Å². The smallest absolute Gasteiger partial charge is 0.227 e. The molecule has 24 heavy (non-hydrogen) atoms. The first kappa shape index (κ1) is 16.7. The average molecular weight is 322 g/mol. The zero-order valence-electron chi connectivity index (χ0n) is 14.6. The predicted molar refractivity (Wildman–Crippen MR) is 97.8 cm³/mol. The third kappa shape index (κ3) is 4.04. The van der Waals surface area contributed by atoms with Crippen LogP contribution < -0.4 is 5.32 Å². The number of fused-ring (bicyclic) bond motifs is 1. The molecule has 1 N–H and O–H groups in total. The van der Waals surface area contributed by atoms with E-state index >= 15 is 0 Å². The minimum Gasteiger partial charge on any atom is -0.351 e. The molecule has 0 radical (unpaired) electrons. The van der Waals surface area contributed by atoms with Crippen LogP contribution in [-0.4, -0.2) is 24.9 Å². The molecule has 1 aliphatic carbocycles. The van der Waals surface area contributed by atoms with Gasteiger partial charge in [-0.05, 0) is 55.6 Å². The Hall–Kier alpha value is -2.13. The zero-order chi connectivity index (χ0) is 16.9. The van der Waals surface area contributed by atoms with Crippen LogP contribution in [0.15, 0.2) is 48.5 Å². The molecular weight excluding hydrogens is 296 g/mol. The minimum atomic E-state index is 0.00274. The third-order valence-electron chi connectivity index (χ3n) is 4.67. The Morgan fingerprint density at radius 1 is 1.08 bits per heavy atom. The maximum Gasteiger partial charge on any atom is 0.227 e. The quantitative estimate of drug-likeness (QED) is 0.914. The Labute approximate surface area is 144 Å². The monoisotopic (exact) mass is 322 g/mol. The molecule has 3 heteroatoms. The molecule has 0 fully saturated rings. The van der Waals surface area contributed by atoms with E-state index in [1.807, 2.05) is 6.07 Å². The highest BCUT2D eigenvalue weighted by molar-refractivity contribution is 5.84. The summed E-state index contributed by atoms with van der Waals surface area (Å²) in [6.45, 7) is 1.53. The number of rotatable bonds is 5. The Bertz CT molecular complexity index is 691. The van der Waals surface area contributed by atoms with E-state index < -0.39 is 0 Å². The number of carbonyl (C=O) groups excluding carboxylic acids is 1. The fourth-order valence-electron chi connectivity index (χ4n) is 3.47. The van der Waals surface area contributed by atoms with Crippen LogP contribution in [0.4, 0.5) is 0 Å². The molecule has 1 atom stereocenters. The Morgan fingerprint density at radius 2 is 1.79 bits per heavy atom. The second-order valence-electron chi connectivity index (χ2n) is 6.92. The van der Waals surface area contributed by atoms with Crippen molar-refractivity contribution in [3.8, 4) is 0 Å². The van der Waals surface area contributed by atoms with Crippen molar-refractivity contribution < 1.29 is 4.79 Å². The summed E-state index contributed by atoms with van der Waals surface area (Å²) in [5, 5.41) is 3.12. The SMILES string of the molecule is CN(C)Cc1ccc(CNC(=O)C2CCCc3ccccc32)cc1. The summed E-state index contributed by atoms with van der Waals surface area (Å²) in [5.74, 6) is 0.155. The maximum absolute atomic E-state index is 12.6. The number of amides is 1. The number of aryl methyl sites for hydroxylation is 1. The number of benzene rings is 2. The van der Waals surface area contributed by atoms with Gasteiger partial charge in [-0.15, -0.1) is 0 Å². The number of hydrogen-bond donors (Lipinski definition) is 1. The van der Waals surface area contributed by atoms with Crippen molar-refractivity contribution in [2.75, 3.05) is 14.1 Å². The van der Waals surface area contributed by atoms with E-state index in [2.05, 4.69) is 66.8 Å². The molecule has 0 aromatic heterocycles. The van der Waals surface area contributed by atoms with Crippen LogP contribution in [0.2, 0.25) is 0 Å². The van der Waals surface area contributed by atoms with Crippen LogP contribution in [0.25, 0.3) is 0 Å². The van der Waals surface area contributed by atoms with Crippen molar-refractivity contribution in [1.82, 2.24) is 10.2 Å². The van der Waals surface area contributed by atoms with Gasteiger partial charge in [0.05, 0.1) is 5.92 Å². The molecule has 3 rings (SSSR count). The van der Waals surface area contributed by atoms with Gasteiger partial charge in [0.2, 0.25) is 5.91 Å². The van der Waals surface area contributed by atoms with Crippen LogP contribution >= 0.6 is 0 Å². The van der Waals surface area contributed by atoms with Gasteiger partial charge in [0, 0.05) is 13.1 Å². The number of nitrogens with zero attached hydrogens (tertiary/aromatic N) is 1. The number of nitrogens with one attached hydrogen (secondary N) is 1. The summed E-state index contributed by atoms with van der Waals surface area (Å²) in [6, 6.07) is 16.8. The maximum atomic E-state index is 12.6. The van der Waals surface area contributed by atoms with Crippen molar-refractivity contribution in [2.45, 2.75) is 38.3 Å². The molecule has 1 unspecified atom stereocenters. The Balaban J connectivity index is 1.60. The molecule has 0 heterocycles. The fourth-order valence-corrected chi connectivity index (χ4v) is 3.47. The van der Waals surface area contributed by atoms with Crippen LogP contribution in [-0.2, 0) is 24.3 Å². The highest BCUT2D eigenvalue weighted by atomic mass is 16.1. The molecule has 2 aromatic carbocycles. The summed E-state index contributed by atoms with van der Waals surface area (Å²) in [5.41, 5.74) is 4.98. The average Bonchev–Trinajstić information content (AvgIpc) is 2.60. The molecule has 1 amide bonds. The molecule has 0 saturated heterocycles. The van der Waals surface area contributed by atoms with Gasteiger partial charge in [0.15, 0.2) is 0 Å². The summed E-state index contributed by atoms with van der Waals surface area (Å²) in [7, 11) is 4.13. The molecule has 0 spiro atoms. The standard InChI is InChI=1S/C21H26N2O/c1-23(2)15-17-12-10-16(11-13-17)14-22-21(24)20-9-5-7-18-6-3-4-8-19(18)20/h3-4,6,8,10-13,20H,5,7,9,14-15H2,1-2H3,(H,22,24). The van der Waals surface area contributed by atoms with Gasteiger partial charge < -0.3 is 10.2 Å². The lowest BCUT2D eigenvalue weighted by atomic mass is 9.82. The molecule has 2 aromatic rings. The molecular formula is C21H26N2O. The first-order valence-electron chi connectivity index (χ1n) is 8.71. The van der Waals surface area contributed by atoms with Crippen LogP contribution in [0, 0.1) is 0 Å². The lowest BCUT2D eigenvalue weighted by molar-refractivity contribution is -0.123. The van der Waals surface area contributed by atoms with Gasteiger partial charge in [0.1, 0.15) is 0 Å². The van der Waals surface area contributed by atoms with Gasteiger partial charge in [-0.1, -0.05) is 48.5 Å². The molecule has 126 valence electrons. The zero-order valence-corrected chi connectivity index (χ0v) is 14.6. The summed E-state index contributed by atoms with van der Waals surface area (Å²) < 4.78 is 0. The van der Waals surface area contributed by atoms with Crippen molar-refractivity contribution in [3.63, 3.8) is 0 Å². The van der Waals surface area contributed by atoms with E-state index in [1.165, 1.54) is 16.7 Å². The molecule has 1 aliphatic rings. The van der Waals surface area contributed by atoms with Crippen molar-refractivity contribution >= 4 is 5.91 Å².